The lowest BCUT2D eigenvalue weighted by Crippen LogP contribution is -2.49. The number of fused-ring (bicyclic) bond motifs is 2. The van der Waals surface area contributed by atoms with Gasteiger partial charge in [-0.2, -0.15) is 10.1 Å². The van der Waals surface area contributed by atoms with Crippen LogP contribution >= 0.6 is 11.6 Å². The minimum atomic E-state index is -2.10. The van der Waals surface area contributed by atoms with E-state index in [-0.39, 0.29) is 28.8 Å². The predicted octanol–water partition coefficient (Wildman–Crippen LogP) is 1.51. The molecule has 0 amide bonds. The van der Waals surface area contributed by atoms with E-state index in [1.165, 1.54) is 12.1 Å². The van der Waals surface area contributed by atoms with Crippen molar-refractivity contribution < 1.29 is 13.9 Å². The summed E-state index contributed by atoms with van der Waals surface area (Å²) in [4.78, 5) is 6.71. The Hall–Kier alpha value is -2.82. The van der Waals surface area contributed by atoms with E-state index in [0.29, 0.717) is 17.7 Å². The lowest BCUT2D eigenvalue weighted by atomic mass is 9.26. The second-order valence-electron chi connectivity index (χ2n) is 9.69. The topological polar surface area (TPSA) is 90.2 Å². The third-order valence-electron chi connectivity index (χ3n) is 7.04. The van der Waals surface area contributed by atoms with Crippen molar-refractivity contribution >= 4 is 62.5 Å². The van der Waals surface area contributed by atoms with Crippen LogP contribution in [0.25, 0.3) is 0 Å². The number of piperidine rings is 1. The van der Waals surface area contributed by atoms with Gasteiger partial charge in [0.2, 0.25) is 11.8 Å². The van der Waals surface area contributed by atoms with Crippen LogP contribution in [0.2, 0.25) is 10.1 Å². The number of benzene rings is 1. The molecule has 1 unspecified atom stereocenters. The summed E-state index contributed by atoms with van der Waals surface area (Å²) in [6.45, 7) is 1.58. The molecule has 3 heterocycles. The zero-order valence-electron chi connectivity index (χ0n) is 20.6. The highest BCUT2D eigenvalue weighted by atomic mass is 35.5. The minimum absolute atomic E-state index is 0.0650. The number of aromatic nitrogens is 5. The molecule has 184 valence electrons. The van der Waals surface area contributed by atoms with E-state index in [4.69, 9.17) is 60.3 Å². The normalized spacial score (nSPS) is 21.3. The summed E-state index contributed by atoms with van der Waals surface area (Å²) in [5, 5.41) is 11.4. The average molecular weight is 523 g/mol. The maximum atomic E-state index is 13.6. The van der Waals surface area contributed by atoms with Crippen LogP contribution in [0.5, 0.6) is 17.6 Å². The van der Waals surface area contributed by atoms with E-state index < -0.39 is 16.3 Å². The van der Waals surface area contributed by atoms with Crippen molar-refractivity contribution in [3.8, 4) is 17.6 Å². The molecule has 1 saturated heterocycles. The summed E-state index contributed by atoms with van der Waals surface area (Å²) >= 11 is 5.89. The van der Waals surface area contributed by atoms with Crippen molar-refractivity contribution in [1.82, 2.24) is 25.0 Å². The molecule has 1 aliphatic heterocycles. The number of halogens is 2. The summed E-state index contributed by atoms with van der Waals surface area (Å²) in [5.74, 6) is 0.792. The highest BCUT2D eigenvalue weighted by Crippen LogP contribution is 2.41. The molecule has 5 rings (SSSR count). The van der Waals surface area contributed by atoms with Gasteiger partial charge in [-0.25, -0.2) is 9.07 Å². The monoisotopic (exact) mass is 523 g/mol. The summed E-state index contributed by atoms with van der Waals surface area (Å²) < 4.78 is 25.7. The predicted molar refractivity (Wildman–Crippen MR) is 145 cm³/mol. The summed E-state index contributed by atoms with van der Waals surface area (Å²) in [7, 11) is 31.4. The van der Waals surface area contributed by atoms with E-state index in [1.54, 1.807) is 13.3 Å². The number of hydrogen-bond acceptors (Lipinski definition) is 8. The first-order valence-electron chi connectivity index (χ1n) is 11.9. The highest BCUT2D eigenvalue weighted by molar-refractivity contribution is 6.66. The van der Waals surface area contributed by atoms with E-state index >= 15 is 0 Å². The van der Waals surface area contributed by atoms with Crippen LogP contribution in [0.1, 0.15) is 12.8 Å². The highest BCUT2D eigenvalue weighted by Gasteiger charge is 2.43. The van der Waals surface area contributed by atoms with Crippen LogP contribution in [0.3, 0.4) is 0 Å². The molecule has 3 atom stereocenters. The molecular formula is C22H20B5ClFN7O2. The number of anilines is 2. The Morgan fingerprint density at radius 3 is 2.45 bits per heavy atom. The number of methoxy groups -OCH3 is 1. The Balaban J connectivity index is 1.39. The molecule has 1 aromatic carbocycles. The van der Waals surface area contributed by atoms with Gasteiger partial charge in [-0.05, 0) is 42.1 Å². The Bertz CT molecular complexity index is 1310. The quantitative estimate of drug-likeness (QED) is 0.445. The minimum Gasteiger partial charge on any atom is -0.480 e. The molecule has 1 saturated carbocycles. The molecule has 2 bridgehead atoms. The number of nitrogens with one attached hydrogen (secondary N) is 1. The third kappa shape index (κ3) is 5.09. The molecule has 0 spiro atoms. The fourth-order valence-corrected chi connectivity index (χ4v) is 5.09. The Labute approximate surface area is 231 Å². The molecule has 1 aliphatic carbocycles. The van der Waals surface area contributed by atoms with Gasteiger partial charge in [0, 0.05) is 31.3 Å². The van der Waals surface area contributed by atoms with E-state index in [1.807, 2.05) is 6.07 Å². The van der Waals surface area contributed by atoms with Crippen molar-refractivity contribution in [2.24, 2.45) is 11.8 Å². The standard InChI is InChI=1S/C22H20B5ClFN7O2/c1-37-17-6-13(8-30-33-17)35-9-11-2-3-12(10-35)18(11)31-19-32-20(36(34-19)22(26,27)21(23,24)25)38-14-4-5-16(29)15(28)7-14/h4-8,11-12,18H,2-3,9-10H2,1H3,(H,31,34)/t11-,12+,18?. The van der Waals surface area contributed by atoms with Crippen LogP contribution in [-0.2, 0) is 5.34 Å². The lowest BCUT2D eigenvalue weighted by Gasteiger charge is -2.42. The lowest BCUT2D eigenvalue weighted by molar-refractivity contribution is 0.372. The molecule has 38 heavy (non-hydrogen) atoms. The Morgan fingerprint density at radius 1 is 1.11 bits per heavy atom. The first-order chi connectivity index (χ1) is 18.0. The molecule has 16 heteroatoms. The molecular weight excluding hydrogens is 503 g/mol. The van der Waals surface area contributed by atoms with Crippen LogP contribution in [0.4, 0.5) is 16.0 Å². The third-order valence-corrected chi connectivity index (χ3v) is 7.33. The van der Waals surface area contributed by atoms with Gasteiger partial charge in [0.05, 0.1) is 63.2 Å². The van der Waals surface area contributed by atoms with Crippen molar-refractivity contribution in [2.45, 2.75) is 29.3 Å². The number of rotatable bonds is 8. The largest absolute Gasteiger partial charge is 0.480 e. The fourth-order valence-electron chi connectivity index (χ4n) is 4.92. The zero-order chi connectivity index (χ0) is 27.2. The van der Waals surface area contributed by atoms with Crippen LogP contribution in [0.15, 0.2) is 30.5 Å². The van der Waals surface area contributed by atoms with Gasteiger partial charge in [0.25, 0.3) is 0 Å². The number of ether oxygens (including phenoxy) is 2. The van der Waals surface area contributed by atoms with Gasteiger partial charge in [0.1, 0.15) is 11.6 Å². The zero-order valence-corrected chi connectivity index (χ0v) is 21.3. The summed E-state index contributed by atoms with van der Waals surface area (Å²) in [6.07, 6.45) is 3.76. The van der Waals surface area contributed by atoms with Gasteiger partial charge >= 0.3 is 6.01 Å². The van der Waals surface area contributed by atoms with E-state index in [2.05, 4.69) is 30.5 Å². The van der Waals surface area contributed by atoms with E-state index in [0.717, 1.165) is 42.4 Å². The molecule has 2 fully saturated rings. The molecule has 9 nitrogen and oxygen atoms in total. The SMILES string of the molecule is [B]C([B])([B])C([B])([B])n1nc(NC2[C@@H]3CC[C@H]2CN(c2cnnc(OC)c2)C3)nc1Oc1ccc(F)c(Cl)c1. The molecule has 3 aromatic rings. The van der Waals surface area contributed by atoms with Crippen LogP contribution < -0.4 is 19.7 Å². The first-order valence-corrected chi connectivity index (χ1v) is 12.3. The van der Waals surface area contributed by atoms with Gasteiger partial charge in [-0.15, -0.1) is 15.3 Å². The fraction of sp³-hybridized carbons (Fsp3) is 0.455. The molecule has 1 N–H and O–H groups in total. The summed E-state index contributed by atoms with van der Waals surface area (Å²) in [6, 6.07) is 5.56. The maximum absolute atomic E-state index is 13.6. The van der Waals surface area contributed by atoms with E-state index in [9.17, 15) is 4.39 Å². The second kappa shape index (κ2) is 10.1. The summed E-state index contributed by atoms with van der Waals surface area (Å²) in [5.41, 5.74) is 0.949. The van der Waals surface area contributed by atoms with Crippen molar-refractivity contribution in [3.63, 3.8) is 0 Å². The van der Waals surface area contributed by atoms with Crippen LogP contribution in [-0.4, -0.2) is 90.4 Å². The van der Waals surface area contributed by atoms with Crippen molar-refractivity contribution in [3.05, 3.63) is 41.3 Å². The van der Waals surface area contributed by atoms with Crippen molar-refractivity contribution in [1.29, 1.82) is 0 Å². The molecule has 10 radical (unpaired) electrons. The Morgan fingerprint density at radius 2 is 1.82 bits per heavy atom. The van der Waals surface area contributed by atoms with Gasteiger partial charge in [-0.1, -0.05) is 11.6 Å². The van der Waals surface area contributed by atoms with Crippen molar-refractivity contribution in [2.75, 3.05) is 30.4 Å². The maximum Gasteiger partial charge on any atom is 0.321 e. The van der Waals surface area contributed by atoms with Gasteiger partial charge < -0.3 is 19.7 Å². The van der Waals surface area contributed by atoms with Crippen LogP contribution in [0, 0.1) is 17.7 Å². The number of nitrogens with zero attached hydrogens (tertiary/aromatic N) is 6. The second-order valence-corrected chi connectivity index (χ2v) is 10.1. The Kier molecular flexibility index (Phi) is 7.09. The first kappa shape index (κ1) is 26.8. The van der Waals surface area contributed by atoms with Gasteiger partial charge in [-0.3, -0.25) is 0 Å². The number of hydrogen-bond donors (Lipinski definition) is 1. The molecule has 2 aliphatic rings. The molecule has 2 aromatic heterocycles. The smallest absolute Gasteiger partial charge is 0.321 e. The average Bonchev–Trinajstić information content (AvgIpc) is 3.36. The van der Waals surface area contributed by atoms with Gasteiger partial charge in [0.15, 0.2) is 0 Å².